The summed E-state index contributed by atoms with van der Waals surface area (Å²) >= 11 is 0. The summed E-state index contributed by atoms with van der Waals surface area (Å²) in [6.07, 6.45) is -9.70. The van der Waals surface area contributed by atoms with Crippen LogP contribution in [0, 0.1) is 11.8 Å². The highest BCUT2D eigenvalue weighted by atomic mass is 19.4. The molecule has 1 aromatic carbocycles. The summed E-state index contributed by atoms with van der Waals surface area (Å²) in [5.74, 6) is -40.6. The van der Waals surface area contributed by atoms with Crippen LogP contribution in [-0.4, -0.2) is 40.9 Å². The molecule has 0 bridgehead atoms. The lowest BCUT2D eigenvalue weighted by atomic mass is 9.83. The number of hydrogen-bond donors (Lipinski definition) is 1. The Hall–Kier alpha value is -1.73. The van der Waals surface area contributed by atoms with Gasteiger partial charge >= 0.3 is 35.8 Å². The Kier molecular flexibility index (Phi) is 7.82. The standard InChI is InChI=1S/C19H19F13O/c1-9(2)8-11-4-6-12(7-5-11)13(33)10(3)14(20,21)15(22,23)16(24,25)17(26,27)18(28,29)19(30,31)32/h4-7,9-10,13,33H,8H2,1-3H3. The molecule has 0 heterocycles. The van der Waals surface area contributed by atoms with Gasteiger partial charge in [0.15, 0.2) is 0 Å². The first-order chi connectivity index (χ1) is 14.5. The van der Waals surface area contributed by atoms with E-state index in [4.69, 9.17) is 0 Å². The van der Waals surface area contributed by atoms with Crippen LogP contribution in [0.1, 0.15) is 38.0 Å². The topological polar surface area (TPSA) is 20.2 Å². The molecule has 0 aliphatic rings. The normalized spacial score (nSPS) is 16.8. The second-order valence-electron chi connectivity index (χ2n) is 7.99. The Labute approximate surface area is 179 Å². The molecule has 0 spiro atoms. The van der Waals surface area contributed by atoms with Gasteiger partial charge in [0.1, 0.15) is 0 Å². The number of aliphatic hydroxyl groups is 1. The van der Waals surface area contributed by atoms with Gasteiger partial charge in [-0.3, -0.25) is 0 Å². The Bertz CT molecular complexity index is 797. The van der Waals surface area contributed by atoms with Crippen molar-refractivity contribution in [1.29, 1.82) is 0 Å². The number of halogens is 13. The molecule has 2 unspecified atom stereocenters. The molecular formula is C19H19F13O. The van der Waals surface area contributed by atoms with Crippen LogP contribution in [0.4, 0.5) is 57.1 Å². The number of aliphatic hydroxyl groups excluding tert-OH is 1. The van der Waals surface area contributed by atoms with Crippen molar-refractivity contribution in [3.8, 4) is 0 Å². The summed E-state index contributed by atoms with van der Waals surface area (Å²) < 4.78 is 173. The van der Waals surface area contributed by atoms with Gasteiger partial charge in [-0.25, -0.2) is 0 Å². The minimum atomic E-state index is -7.96. The molecular weight excluding hydrogens is 491 g/mol. The third-order valence-electron chi connectivity index (χ3n) is 4.97. The van der Waals surface area contributed by atoms with Gasteiger partial charge in [0.2, 0.25) is 0 Å². The Morgan fingerprint density at radius 3 is 1.39 bits per heavy atom. The van der Waals surface area contributed by atoms with Crippen LogP contribution >= 0.6 is 0 Å². The predicted molar refractivity (Wildman–Crippen MR) is 89.9 cm³/mol. The molecule has 0 fully saturated rings. The van der Waals surface area contributed by atoms with Crippen LogP contribution in [0.25, 0.3) is 0 Å². The quantitative estimate of drug-likeness (QED) is 0.346. The van der Waals surface area contributed by atoms with E-state index in [1.54, 1.807) is 0 Å². The summed E-state index contributed by atoms with van der Waals surface area (Å²) in [6, 6.07) is 4.46. The van der Waals surface area contributed by atoms with E-state index in [1.165, 1.54) is 12.1 Å². The van der Waals surface area contributed by atoms with E-state index >= 15 is 0 Å². The van der Waals surface area contributed by atoms with Gasteiger partial charge in [-0.2, -0.15) is 57.1 Å². The molecule has 1 rings (SSSR count). The minimum absolute atomic E-state index is 0.0245. The van der Waals surface area contributed by atoms with E-state index in [9.17, 15) is 62.2 Å². The molecule has 14 heteroatoms. The SMILES string of the molecule is CC(C)Cc1ccc(C(O)C(C)C(F)(F)C(F)(F)C(F)(F)C(F)(F)C(F)(F)C(F)(F)F)cc1. The van der Waals surface area contributed by atoms with Crippen molar-refractivity contribution in [1.82, 2.24) is 0 Å². The second kappa shape index (κ2) is 8.81. The van der Waals surface area contributed by atoms with E-state index in [-0.39, 0.29) is 12.8 Å². The maximum Gasteiger partial charge on any atom is 0.460 e. The van der Waals surface area contributed by atoms with Crippen LogP contribution in [0.15, 0.2) is 24.3 Å². The third kappa shape index (κ3) is 4.76. The molecule has 2 atom stereocenters. The summed E-state index contributed by atoms with van der Waals surface area (Å²) in [7, 11) is 0. The number of hydrogen-bond acceptors (Lipinski definition) is 1. The zero-order valence-electron chi connectivity index (χ0n) is 17.1. The maximum atomic E-state index is 14.2. The Morgan fingerprint density at radius 1 is 0.636 bits per heavy atom. The molecule has 0 aliphatic heterocycles. The molecule has 0 saturated carbocycles. The maximum absolute atomic E-state index is 14.2. The van der Waals surface area contributed by atoms with Gasteiger partial charge in [-0.1, -0.05) is 45.0 Å². The summed E-state index contributed by atoms with van der Waals surface area (Å²) in [6.45, 7) is 3.65. The smallest absolute Gasteiger partial charge is 0.388 e. The average molecular weight is 510 g/mol. The van der Waals surface area contributed by atoms with Crippen LogP contribution in [0.5, 0.6) is 0 Å². The molecule has 1 N–H and O–H groups in total. The lowest BCUT2D eigenvalue weighted by Crippen LogP contribution is -2.71. The lowest BCUT2D eigenvalue weighted by Gasteiger charge is -2.42. The molecule has 0 aliphatic carbocycles. The lowest BCUT2D eigenvalue weighted by molar-refractivity contribution is -0.444. The van der Waals surface area contributed by atoms with Crippen LogP contribution in [-0.2, 0) is 6.42 Å². The molecule has 1 aromatic rings. The fraction of sp³-hybridized carbons (Fsp3) is 0.684. The highest BCUT2D eigenvalue weighted by molar-refractivity contribution is 5.26. The van der Waals surface area contributed by atoms with Crippen molar-refractivity contribution in [2.75, 3.05) is 0 Å². The fourth-order valence-electron chi connectivity index (χ4n) is 2.88. The molecule has 192 valence electrons. The van der Waals surface area contributed by atoms with E-state index in [0.29, 0.717) is 12.0 Å². The summed E-state index contributed by atoms with van der Waals surface area (Å²) in [4.78, 5) is 0. The zero-order valence-corrected chi connectivity index (χ0v) is 17.1. The van der Waals surface area contributed by atoms with Crippen molar-refractivity contribution >= 4 is 0 Å². The van der Waals surface area contributed by atoms with E-state index < -0.39 is 53.4 Å². The molecule has 0 saturated heterocycles. The number of rotatable bonds is 9. The van der Waals surface area contributed by atoms with Crippen molar-refractivity contribution < 1.29 is 62.2 Å². The Morgan fingerprint density at radius 2 is 1.03 bits per heavy atom. The van der Waals surface area contributed by atoms with E-state index in [0.717, 1.165) is 12.1 Å². The van der Waals surface area contributed by atoms with Crippen molar-refractivity contribution in [2.24, 2.45) is 11.8 Å². The van der Waals surface area contributed by atoms with Gasteiger partial charge in [0.05, 0.1) is 12.0 Å². The fourth-order valence-corrected chi connectivity index (χ4v) is 2.88. The highest BCUT2D eigenvalue weighted by Crippen LogP contribution is 2.61. The number of alkyl halides is 13. The van der Waals surface area contributed by atoms with E-state index in [2.05, 4.69) is 0 Å². The molecule has 0 aromatic heterocycles. The van der Waals surface area contributed by atoms with Crippen LogP contribution in [0.2, 0.25) is 0 Å². The van der Waals surface area contributed by atoms with Gasteiger partial charge in [0, 0.05) is 0 Å². The second-order valence-corrected chi connectivity index (χ2v) is 7.99. The highest BCUT2D eigenvalue weighted by Gasteiger charge is 2.91. The molecule has 33 heavy (non-hydrogen) atoms. The van der Waals surface area contributed by atoms with Gasteiger partial charge < -0.3 is 5.11 Å². The first-order valence-electron chi connectivity index (χ1n) is 9.19. The largest absolute Gasteiger partial charge is 0.460 e. The first-order valence-corrected chi connectivity index (χ1v) is 9.19. The van der Waals surface area contributed by atoms with E-state index in [1.807, 2.05) is 13.8 Å². The van der Waals surface area contributed by atoms with Gasteiger partial charge in [-0.15, -0.1) is 0 Å². The number of benzene rings is 1. The summed E-state index contributed by atoms with van der Waals surface area (Å²) in [5.41, 5.74) is 0.0624. The van der Waals surface area contributed by atoms with Gasteiger partial charge in [-0.05, 0) is 23.5 Å². The van der Waals surface area contributed by atoms with Gasteiger partial charge in [0.25, 0.3) is 0 Å². The molecule has 0 amide bonds. The average Bonchev–Trinajstić information content (AvgIpc) is 2.65. The zero-order chi connectivity index (χ0) is 26.4. The third-order valence-corrected chi connectivity index (χ3v) is 4.97. The van der Waals surface area contributed by atoms with Crippen LogP contribution < -0.4 is 0 Å². The minimum Gasteiger partial charge on any atom is -0.388 e. The van der Waals surface area contributed by atoms with Crippen molar-refractivity contribution in [3.63, 3.8) is 0 Å². The first kappa shape index (κ1) is 29.3. The summed E-state index contributed by atoms with van der Waals surface area (Å²) in [5, 5.41) is 9.94. The van der Waals surface area contributed by atoms with Crippen LogP contribution in [0.3, 0.4) is 0 Å². The monoisotopic (exact) mass is 510 g/mol. The molecule has 0 radical (unpaired) electrons. The molecule has 1 nitrogen and oxygen atoms in total. The predicted octanol–water partition coefficient (Wildman–Crippen LogP) is 7.29. The Balaban J connectivity index is 3.37. The van der Waals surface area contributed by atoms with Crippen molar-refractivity contribution in [3.05, 3.63) is 35.4 Å². The van der Waals surface area contributed by atoms with Crippen molar-refractivity contribution in [2.45, 2.75) is 69.1 Å².